The molecule has 0 fully saturated rings. The summed E-state index contributed by atoms with van der Waals surface area (Å²) in [6, 6.07) is 0. The highest BCUT2D eigenvalue weighted by Gasteiger charge is 2.17. The van der Waals surface area contributed by atoms with E-state index < -0.39 is 0 Å². The molecule has 0 saturated heterocycles. The lowest BCUT2D eigenvalue weighted by Gasteiger charge is -2.19. The highest BCUT2D eigenvalue weighted by atomic mass is 14.2. The molecule has 1 unspecified atom stereocenters. The van der Waals surface area contributed by atoms with Gasteiger partial charge in [0.15, 0.2) is 0 Å². The molecule has 2 aliphatic rings. The van der Waals surface area contributed by atoms with E-state index in [1.807, 2.05) is 0 Å². The molecule has 1 atom stereocenters. The normalized spacial score (nSPS) is 31.1. The van der Waals surface area contributed by atoms with Crippen LogP contribution in [0.25, 0.3) is 0 Å². The lowest BCUT2D eigenvalue weighted by atomic mass is 9.86. The van der Waals surface area contributed by atoms with Gasteiger partial charge < -0.3 is 0 Å². The first-order valence-electron chi connectivity index (χ1n) is 4.09. The van der Waals surface area contributed by atoms with E-state index in [2.05, 4.69) is 25.5 Å². The molecule has 0 nitrogen and oxygen atoms in total. The van der Waals surface area contributed by atoms with E-state index in [0.717, 1.165) is 5.92 Å². The van der Waals surface area contributed by atoms with Crippen LogP contribution in [0.2, 0.25) is 0 Å². The van der Waals surface area contributed by atoms with Crippen molar-refractivity contribution in [1.29, 1.82) is 0 Å². The van der Waals surface area contributed by atoms with Crippen LogP contribution in [0.1, 0.15) is 26.2 Å². The minimum atomic E-state index is 0.912. The van der Waals surface area contributed by atoms with Crippen molar-refractivity contribution < 1.29 is 0 Å². The molecular weight excluding hydrogens is 120 g/mol. The van der Waals surface area contributed by atoms with Gasteiger partial charge in [0.25, 0.3) is 0 Å². The Morgan fingerprint density at radius 2 is 2.30 bits per heavy atom. The molecule has 10 heavy (non-hydrogen) atoms. The third kappa shape index (κ3) is 0.920. The minimum absolute atomic E-state index is 0.912. The largest absolute Gasteiger partial charge is 0.0761 e. The van der Waals surface area contributed by atoms with Crippen LogP contribution in [0.4, 0.5) is 0 Å². The summed E-state index contributed by atoms with van der Waals surface area (Å²) in [5.74, 6) is 0.912. The average Bonchev–Trinajstić information content (AvgIpc) is 2.33. The van der Waals surface area contributed by atoms with Gasteiger partial charge in [0.05, 0.1) is 0 Å². The van der Waals surface area contributed by atoms with Crippen LogP contribution in [0.5, 0.6) is 0 Å². The highest BCUT2D eigenvalue weighted by Crippen LogP contribution is 2.34. The molecule has 0 aromatic rings. The van der Waals surface area contributed by atoms with Crippen LogP contribution in [0, 0.1) is 12.3 Å². The molecule has 0 aromatic heterocycles. The maximum absolute atomic E-state index is 2.34. The molecule has 0 heteroatoms. The van der Waals surface area contributed by atoms with Crippen molar-refractivity contribution in [2.24, 2.45) is 5.92 Å². The number of rotatable bonds is 0. The zero-order valence-corrected chi connectivity index (χ0v) is 6.43. The van der Waals surface area contributed by atoms with E-state index in [1.54, 1.807) is 11.1 Å². The molecular formula is C10H13. The molecule has 0 saturated carbocycles. The fourth-order valence-electron chi connectivity index (χ4n) is 1.82. The smallest absolute Gasteiger partial charge is 0.00864 e. The summed E-state index contributed by atoms with van der Waals surface area (Å²) in [6.45, 7) is 2.34. The van der Waals surface area contributed by atoms with Crippen molar-refractivity contribution in [3.63, 3.8) is 0 Å². The van der Waals surface area contributed by atoms with Crippen LogP contribution in [-0.4, -0.2) is 0 Å². The predicted molar refractivity (Wildman–Crippen MR) is 43.5 cm³/mol. The maximum atomic E-state index is 2.34. The van der Waals surface area contributed by atoms with Crippen molar-refractivity contribution in [2.75, 3.05) is 0 Å². The molecule has 0 aromatic carbocycles. The van der Waals surface area contributed by atoms with Gasteiger partial charge in [0, 0.05) is 6.42 Å². The van der Waals surface area contributed by atoms with E-state index in [9.17, 15) is 0 Å². The number of hydrogen-bond acceptors (Lipinski definition) is 0. The number of hydrogen-bond donors (Lipinski definition) is 0. The van der Waals surface area contributed by atoms with Crippen LogP contribution >= 0.6 is 0 Å². The van der Waals surface area contributed by atoms with E-state index >= 15 is 0 Å². The van der Waals surface area contributed by atoms with Crippen molar-refractivity contribution in [2.45, 2.75) is 26.2 Å². The summed E-state index contributed by atoms with van der Waals surface area (Å²) in [6.07, 6.45) is 10.7. The molecule has 0 heterocycles. The Bertz CT molecular complexity index is 196. The Kier molecular flexibility index (Phi) is 1.40. The zero-order chi connectivity index (χ0) is 6.97. The zero-order valence-electron chi connectivity index (χ0n) is 6.43. The molecule has 0 amide bonds. The summed E-state index contributed by atoms with van der Waals surface area (Å²) >= 11 is 0. The van der Waals surface area contributed by atoms with E-state index in [4.69, 9.17) is 0 Å². The van der Waals surface area contributed by atoms with Gasteiger partial charge in [0.2, 0.25) is 0 Å². The Balaban J connectivity index is 2.19. The molecule has 0 spiro atoms. The van der Waals surface area contributed by atoms with Crippen LogP contribution in [0.15, 0.2) is 23.3 Å². The van der Waals surface area contributed by atoms with Gasteiger partial charge in [-0.05, 0) is 30.8 Å². The van der Waals surface area contributed by atoms with Gasteiger partial charge in [-0.3, -0.25) is 0 Å². The first-order chi connectivity index (χ1) is 4.86. The molecule has 53 valence electrons. The summed E-state index contributed by atoms with van der Waals surface area (Å²) < 4.78 is 0. The Hall–Kier alpha value is -0.520. The SMILES string of the molecule is CC1CCC2=C(C=C[CH]2)C1. The van der Waals surface area contributed by atoms with Gasteiger partial charge in [-0.2, -0.15) is 0 Å². The van der Waals surface area contributed by atoms with Crippen LogP contribution < -0.4 is 0 Å². The second-order valence-electron chi connectivity index (χ2n) is 3.42. The third-order valence-electron chi connectivity index (χ3n) is 2.48. The molecule has 0 bridgehead atoms. The Labute approximate surface area is 62.6 Å². The van der Waals surface area contributed by atoms with Gasteiger partial charge in [-0.15, -0.1) is 0 Å². The van der Waals surface area contributed by atoms with Crippen molar-refractivity contribution in [3.8, 4) is 0 Å². The lowest BCUT2D eigenvalue weighted by Crippen LogP contribution is -2.03. The van der Waals surface area contributed by atoms with Gasteiger partial charge in [-0.25, -0.2) is 0 Å². The fraction of sp³-hybridized carbons (Fsp3) is 0.500. The Morgan fingerprint density at radius 3 is 3.20 bits per heavy atom. The van der Waals surface area contributed by atoms with Gasteiger partial charge >= 0.3 is 0 Å². The van der Waals surface area contributed by atoms with Crippen LogP contribution in [-0.2, 0) is 0 Å². The topological polar surface area (TPSA) is 0 Å². The van der Waals surface area contributed by atoms with Crippen molar-refractivity contribution in [3.05, 3.63) is 29.7 Å². The van der Waals surface area contributed by atoms with Gasteiger partial charge in [0.1, 0.15) is 0 Å². The molecule has 1 radical (unpaired) electrons. The van der Waals surface area contributed by atoms with Gasteiger partial charge in [-0.1, -0.05) is 24.6 Å². The first-order valence-corrected chi connectivity index (χ1v) is 4.09. The van der Waals surface area contributed by atoms with Crippen molar-refractivity contribution >= 4 is 0 Å². The average molecular weight is 133 g/mol. The summed E-state index contributed by atoms with van der Waals surface area (Å²) in [5, 5.41) is 0. The molecule has 2 rings (SSSR count). The molecule has 0 N–H and O–H groups in total. The molecule has 0 aliphatic heterocycles. The third-order valence-corrected chi connectivity index (χ3v) is 2.48. The minimum Gasteiger partial charge on any atom is -0.0761 e. The van der Waals surface area contributed by atoms with Crippen molar-refractivity contribution in [1.82, 2.24) is 0 Å². The van der Waals surface area contributed by atoms with E-state index in [0.29, 0.717) is 0 Å². The summed E-state index contributed by atoms with van der Waals surface area (Å²) in [4.78, 5) is 0. The predicted octanol–water partition coefficient (Wildman–Crippen LogP) is 2.88. The van der Waals surface area contributed by atoms with E-state index in [1.165, 1.54) is 19.3 Å². The maximum Gasteiger partial charge on any atom is 0.00864 e. The lowest BCUT2D eigenvalue weighted by molar-refractivity contribution is 0.507. The summed E-state index contributed by atoms with van der Waals surface area (Å²) in [5.41, 5.74) is 3.19. The quantitative estimate of drug-likeness (QED) is 0.476. The monoisotopic (exact) mass is 133 g/mol. The fourth-order valence-corrected chi connectivity index (χ4v) is 1.82. The second-order valence-corrected chi connectivity index (χ2v) is 3.42. The van der Waals surface area contributed by atoms with E-state index in [-0.39, 0.29) is 0 Å². The highest BCUT2D eigenvalue weighted by molar-refractivity contribution is 5.43. The molecule has 2 aliphatic carbocycles. The standard InChI is InChI=1S/C10H13/c1-8-5-6-9-3-2-4-10(9)7-8/h2-4,8H,5-7H2,1H3. The Morgan fingerprint density at radius 1 is 1.40 bits per heavy atom. The second kappa shape index (κ2) is 2.26. The first kappa shape index (κ1) is 6.21. The number of allylic oxidation sites excluding steroid dienone is 4. The van der Waals surface area contributed by atoms with Crippen LogP contribution in [0.3, 0.4) is 0 Å². The summed E-state index contributed by atoms with van der Waals surface area (Å²) in [7, 11) is 0.